The molecule has 6 N–H and O–H groups in total. The topological polar surface area (TPSA) is 170 Å². The zero-order valence-corrected chi connectivity index (χ0v) is 20.4. The Labute approximate surface area is 217 Å². The van der Waals surface area contributed by atoms with Crippen molar-refractivity contribution in [2.45, 2.75) is 42.9 Å². The number of carbonyl (C=O) groups excluding carboxylic acids is 2. The average Bonchev–Trinajstić information content (AvgIpc) is 3.40. The third kappa shape index (κ3) is 4.14. The van der Waals surface area contributed by atoms with E-state index in [2.05, 4.69) is 15.5 Å². The normalized spacial score (nSPS) is 30.2. The second kappa shape index (κ2) is 9.71. The molecule has 38 heavy (non-hydrogen) atoms. The molecule has 2 aromatic carbocycles. The lowest BCUT2D eigenvalue weighted by Gasteiger charge is -2.49. The van der Waals surface area contributed by atoms with Crippen LogP contribution in [0.4, 0.5) is 0 Å². The van der Waals surface area contributed by atoms with E-state index < -0.39 is 53.9 Å². The number of benzene rings is 2. The number of hydrogen-bond donors (Lipinski definition) is 6. The van der Waals surface area contributed by atoms with E-state index in [4.69, 9.17) is 14.2 Å². The van der Waals surface area contributed by atoms with Crippen LogP contribution in [0.25, 0.3) is 0 Å². The van der Waals surface area contributed by atoms with E-state index in [1.54, 1.807) is 18.2 Å². The van der Waals surface area contributed by atoms with Crippen molar-refractivity contribution in [3.63, 3.8) is 0 Å². The second-order valence-corrected chi connectivity index (χ2v) is 10.0. The smallest absolute Gasteiger partial charge is 0.255 e. The zero-order chi connectivity index (χ0) is 26.6. The molecule has 6 rings (SSSR count). The van der Waals surface area contributed by atoms with Crippen LogP contribution in [0.15, 0.2) is 30.3 Å². The Morgan fingerprint density at radius 2 is 1.87 bits per heavy atom. The van der Waals surface area contributed by atoms with E-state index in [0.717, 1.165) is 18.7 Å². The van der Waals surface area contributed by atoms with E-state index in [-0.39, 0.29) is 29.4 Å². The molecule has 1 saturated heterocycles. The number of nitrogens with one attached hydrogen (secondary N) is 2. The largest absolute Gasteiger partial charge is 0.504 e. The van der Waals surface area contributed by atoms with Crippen LogP contribution in [0.5, 0.6) is 17.2 Å². The third-order valence-corrected chi connectivity index (χ3v) is 7.76. The van der Waals surface area contributed by atoms with Crippen LogP contribution in [-0.2, 0) is 11.3 Å². The molecule has 12 heteroatoms. The summed E-state index contributed by atoms with van der Waals surface area (Å²) in [5, 5.41) is 48.5. The molecule has 0 spiro atoms. The molecule has 4 aliphatic rings. The van der Waals surface area contributed by atoms with Crippen molar-refractivity contribution in [1.82, 2.24) is 15.5 Å². The molecule has 0 bridgehead atoms. The first-order valence-electron chi connectivity index (χ1n) is 12.5. The van der Waals surface area contributed by atoms with Crippen LogP contribution in [0, 0.1) is 0 Å². The van der Waals surface area contributed by atoms with Gasteiger partial charge in [-0.25, -0.2) is 0 Å². The van der Waals surface area contributed by atoms with Crippen molar-refractivity contribution in [2.24, 2.45) is 0 Å². The Hall–Kier alpha value is -3.42. The van der Waals surface area contributed by atoms with E-state index in [0.29, 0.717) is 25.3 Å². The van der Waals surface area contributed by atoms with Gasteiger partial charge in [-0.1, -0.05) is 12.1 Å². The highest BCUT2D eigenvalue weighted by Crippen LogP contribution is 2.50. The number of carbonyl (C=O) groups is 2. The van der Waals surface area contributed by atoms with Gasteiger partial charge in [0.1, 0.15) is 18.3 Å². The molecule has 2 fully saturated rings. The predicted molar refractivity (Wildman–Crippen MR) is 130 cm³/mol. The summed E-state index contributed by atoms with van der Waals surface area (Å²) >= 11 is 0. The molecule has 0 aromatic heterocycles. The molecule has 1 saturated carbocycles. The Kier molecular flexibility index (Phi) is 6.36. The maximum Gasteiger partial charge on any atom is 0.255 e. The van der Waals surface area contributed by atoms with Gasteiger partial charge in [-0.3, -0.25) is 14.5 Å². The molecule has 2 aromatic rings. The molecular weight excluding hydrogens is 498 g/mol. The number of amides is 2. The number of nitrogens with zero attached hydrogens (tertiary/aromatic N) is 1. The number of aliphatic hydroxyl groups is 3. The second-order valence-electron chi connectivity index (χ2n) is 10.0. The number of phenols is 1. The Bertz CT molecular complexity index is 1260. The van der Waals surface area contributed by atoms with Gasteiger partial charge >= 0.3 is 0 Å². The Balaban J connectivity index is 1.32. The van der Waals surface area contributed by atoms with Crippen LogP contribution in [-0.4, -0.2) is 101 Å². The zero-order valence-electron chi connectivity index (χ0n) is 20.4. The van der Waals surface area contributed by atoms with Crippen molar-refractivity contribution in [3.05, 3.63) is 52.6 Å². The summed E-state index contributed by atoms with van der Waals surface area (Å²) in [6.45, 7) is 3.41. The first kappa shape index (κ1) is 24.9. The number of morpholine rings is 1. The van der Waals surface area contributed by atoms with Crippen molar-refractivity contribution in [1.29, 1.82) is 0 Å². The Morgan fingerprint density at radius 3 is 2.66 bits per heavy atom. The number of aliphatic hydroxyl groups excluding tert-OH is 3. The third-order valence-electron chi connectivity index (χ3n) is 7.76. The maximum atomic E-state index is 13.4. The number of ether oxygens (including phenoxy) is 3. The van der Waals surface area contributed by atoms with Gasteiger partial charge in [-0.05, 0) is 29.3 Å². The summed E-state index contributed by atoms with van der Waals surface area (Å²) in [5.41, 5.74) is 1.45. The highest BCUT2D eigenvalue weighted by molar-refractivity contribution is 6.02. The fraction of sp³-hybridized carbons (Fsp3) is 0.462. The van der Waals surface area contributed by atoms with Crippen molar-refractivity contribution in [2.75, 3.05) is 33.1 Å². The van der Waals surface area contributed by atoms with E-state index in [1.807, 2.05) is 6.07 Å². The van der Waals surface area contributed by atoms with Crippen LogP contribution < -0.4 is 20.1 Å². The van der Waals surface area contributed by atoms with Gasteiger partial charge in [0.25, 0.3) is 11.8 Å². The molecule has 202 valence electrons. The van der Waals surface area contributed by atoms with Crippen LogP contribution in [0.2, 0.25) is 0 Å². The lowest BCUT2D eigenvalue weighted by atomic mass is 9.68. The number of hydrogen-bond acceptors (Lipinski definition) is 10. The maximum absolute atomic E-state index is 13.4. The lowest BCUT2D eigenvalue weighted by Crippen LogP contribution is -2.69. The van der Waals surface area contributed by atoms with Crippen molar-refractivity contribution < 1.29 is 44.2 Å². The van der Waals surface area contributed by atoms with Gasteiger partial charge in [0, 0.05) is 31.1 Å². The summed E-state index contributed by atoms with van der Waals surface area (Å²) in [6, 6.07) is 6.46. The monoisotopic (exact) mass is 527 g/mol. The van der Waals surface area contributed by atoms with Gasteiger partial charge in [0.15, 0.2) is 11.5 Å². The summed E-state index contributed by atoms with van der Waals surface area (Å²) < 4.78 is 16.1. The molecule has 3 heterocycles. The summed E-state index contributed by atoms with van der Waals surface area (Å²) in [7, 11) is 0. The number of aromatic hydroxyl groups is 1. The van der Waals surface area contributed by atoms with Crippen LogP contribution >= 0.6 is 0 Å². The number of phenolic OH excluding ortho intramolecular Hbond substituents is 1. The molecule has 6 atom stereocenters. The summed E-state index contributed by atoms with van der Waals surface area (Å²) in [4.78, 5) is 28.6. The SMILES string of the molecule is O=C(N[C@@H]1C2c3cc4c(c(O)c3C(=O)N[C@H]2[C@H](O)[C@H](O)[C@H]1O)OCO4)c1cccc(CN2CCOCC2)c1. The Morgan fingerprint density at radius 1 is 1.08 bits per heavy atom. The quantitative estimate of drug-likeness (QED) is 0.291. The average molecular weight is 528 g/mol. The van der Waals surface area contributed by atoms with Gasteiger partial charge in [0.2, 0.25) is 12.5 Å². The van der Waals surface area contributed by atoms with Gasteiger partial charge in [-0.15, -0.1) is 0 Å². The minimum absolute atomic E-state index is 0.0203. The highest BCUT2D eigenvalue weighted by Gasteiger charge is 2.54. The number of fused-ring (bicyclic) bond motifs is 4. The van der Waals surface area contributed by atoms with E-state index >= 15 is 0 Å². The van der Waals surface area contributed by atoms with Gasteiger partial charge < -0.3 is 45.3 Å². The first-order valence-corrected chi connectivity index (χ1v) is 12.5. The summed E-state index contributed by atoms with van der Waals surface area (Å²) in [6.07, 6.45) is -4.73. The molecule has 1 unspecified atom stereocenters. The summed E-state index contributed by atoms with van der Waals surface area (Å²) in [5.74, 6) is -2.28. The van der Waals surface area contributed by atoms with Crippen LogP contribution in [0.1, 0.15) is 37.8 Å². The molecule has 1 aliphatic carbocycles. The molecule has 3 aliphatic heterocycles. The fourth-order valence-electron chi connectivity index (χ4n) is 5.84. The van der Waals surface area contributed by atoms with Gasteiger partial charge in [0.05, 0.1) is 30.9 Å². The fourth-order valence-corrected chi connectivity index (χ4v) is 5.84. The standard InChI is InChI=1S/C26H29N3O9/c30-20-17-14(9-15-24(20)38-11-37-15)16-18(21(31)23(33)22(32)19(16)28-26(17)35)27-25(34)13-3-1-2-12(8-13)10-29-4-6-36-7-5-29/h1-3,8-9,16,18-19,21-23,30-33H,4-7,10-11H2,(H,27,34)(H,28,35)/t16?,18-,19-,21+,22+,23-/m1/s1. The van der Waals surface area contributed by atoms with Gasteiger partial charge in [-0.2, -0.15) is 0 Å². The van der Waals surface area contributed by atoms with Crippen molar-refractivity contribution >= 4 is 11.8 Å². The highest BCUT2D eigenvalue weighted by atomic mass is 16.7. The molecule has 2 amide bonds. The van der Waals surface area contributed by atoms with Crippen molar-refractivity contribution in [3.8, 4) is 17.2 Å². The lowest BCUT2D eigenvalue weighted by molar-refractivity contribution is -0.117. The van der Waals surface area contributed by atoms with E-state index in [1.165, 1.54) is 6.07 Å². The molecular formula is C26H29N3O9. The minimum atomic E-state index is -1.64. The molecule has 12 nitrogen and oxygen atoms in total. The number of rotatable bonds is 4. The molecule has 0 radical (unpaired) electrons. The predicted octanol–water partition coefficient (Wildman–Crippen LogP) is -0.956. The minimum Gasteiger partial charge on any atom is -0.504 e. The van der Waals surface area contributed by atoms with E-state index in [9.17, 15) is 30.0 Å². The van der Waals surface area contributed by atoms with Crippen LogP contribution in [0.3, 0.4) is 0 Å². The first-order chi connectivity index (χ1) is 18.3.